The SMILES string of the molecule is CCCc1cccc(C2=C(NC)OC(c3cccnc3)C2=O)c1. The van der Waals surface area contributed by atoms with Crippen LogP contribution in [0.1, 0.15) is 36.1 Å². The summed E-state index contributed by atoms with van der Waals surface area (Å²) in [5.74, 6) is 0.494. The van der Waals surface area contributed by atoms with Crippen molar-refractivity contribution >= 4 is 11.4 Å². The second-order valence-electron chi connectivity index (χ2n) is 5.55. The van der Waals surface area contributed by atoms with Crippen molar-refractivity contribution < 1.29 is 9.53 Å². The average Bonchev–Trinajstić information content (AvgIpc) is 2.93. The smallest absolute Gasteiger partial charge is 0.214 e. The van der Waals surface area contributed by atoms with Gasteiger partial charge in [0.15, 0.2) is 12.0 Å². The van der Waals surface area contributed by atoms with Crippen LogP contribution in [0.4, 0.5) is 0 Å². The third kappa shape index (κ3) is 2.97. The lowest BCUT2D eigenvalue weighted by molar-refractivity contribution is -0.120. The highest BCUT2D eigenvalue weighted by molar-refractivity contribution is 6.25. The Balaban J connectivity index is 1.97. The van der Waals surface area contributed by atoms with Gasteiger partial charge >= 0.3 is 0 Å². The molecular weight excluding hydrogens is 288 g/mol. The van der Waals surface area contributed by atoms with Crippen LogP contribution in [-0.2, 0) is 16.0 Å². The number of carbonyl (C=O) groups is 1. The Morgan fingerprint density at radius 2 is 2.13 bits per heavy atom. The fourth-order valence-electron chi connectivity index (χ4n) is 2.85. The first-order chi connectivity index (χ1) is 11.2. The standard InChI is InChI=1S/C19H20N2O2/c1-3-6-13-7-4-8-14(11-13)16-17(22)18(23-19(16)20-2)15-9-5-10-21-12-15/h4-5,7-12,18,20H,3,6H2,1-2H3. The number of ketones is 1. The Morgan fingerprint density at radius 1 is 1.26 bits per heavy atom. The van der Waals surface area contributed by atoms with E-state index in [1.165, 1.54) is 5.56 Å². The Morgan fingerprint density at radius 3 is 2.83 bits per heavy atom. The van der Waals surface area contributed by atoms with Crippen LogP contribution in [0.3, 0.4) is 0 Å². The summed E-state index contributed by atoms with van der Waals surface area (Å²) in [6.45, 7) is 2.15. The lowest BCUT2D eigenvalue weighted by Crippen LogP contribution is -2.10. The van der Waals surface area contributed by atoms with Gasteiger partial charge in [-0.15, -0.1) is 0 Å². The molecule has 0 fully saturated rings. The van der Waals surface area contributed by atoms with E-state index >= 15 is 0 Å². The first-order valence-electron chi connectivity index (χ1n) is 7.86. The maximum Gasteiger partial charge on any atom is 0.214 e. The van der Waals surface area contributed by atoms with Crippen LogP contribution in [0.15, 0.2) is 54.7 Å². The molecule has 2 heterocycles. The number of Topliss-reactive ketones (excluding diaryl/α,β-unsaturated/α-hetero) is 1. The molecule has 1 aliphatic rings. The van der Waals surface area contributed by atoms with Crippen LogP contribution in [0, 0.1) is 0 Å². The number of rotatable bonds is 5. The van der Waals surface area contributed by atoms with Gasteiger partial charge in [-0.1, -0.05) is 43.7 Å². The van der Waals surface area contributed by atoms with Gasteiger partial charge < -0.3 is 10.1 Å². The summed E-state index contributed by atoms with van der Waals surface area (Å²) in [5.41, 5.74) is 3.51. The van der Waals surface area contributed by atoms with E-state index in [-0.39, 0.29) is 5.78 Å². The molecule has 1 aliphatic heterocycles. The molecule has 1 N–H and O–H groups in total. The van der Waals surface area contributed by atoms with E-state index in [0.717, 1.165) is 24.0 Å². The number of carbonyl (C=O) groups excluding carboxylic acids is 1. The molecule has 1 atom stereocenters. The number of nitrogens with zero attached hydrogens (tertiary/aromatic N) is 1. The lowest BCUT2D eigenvalue weighted by Gasteiger charge is -2.10. The number of hydrogen-bond donors (Lipinski definition) is 1. The second kappa shape index (κ2) is 6.65. The van der Waals surface area contributed by atoms with Gasteiger partial charge in [-0.05, 0) is 23.6 Å². The Bertz CT molecular complexity index is 738. The minimum Gasteiger partial charge on any atom is -0.462 e. The third-order valence-electron chi connectivity index (χ3n) is 3.92. The molecule has 0 saturated heterocycles. The largest absolute Gasteiger partial charge is 0.462 e. The molecule has 1 unspecified atom stereocenters. The Labute approximate surface area is 136 Å². The maximum atomic E-state index is 12.9. The van der Waals surface area contributed by atoms with E-state index in [1.807, 2.05) is 24.3 Å². The zero-order chi connectivity index (χ0) is 16.2. The highest BCUT2D eigenvalue weighted by Crippen LogP contribution is 2.36. The number of benzene rings is 1. The molecule has 0 saturated carbocycles. The number of aryl methyl sites for hydroxylation is 1. The molecule has 118 valence electrons. The third-order valence-corrected chi connectivity index (χ3v) is 3.92. The van der Waals surface area contributed by atoms with E-state index < -0.39 is 6.10 Å². The highest BCUT2D eigenvalue weighted by atomic mass is 16.5. The number of hydrogen-bond acceptors (Lipinski definition) is 4. The van der Waals surface area contributed by atoms with E-state index in [2.05, 4.69) is 29.4 Å². The molecule has 4 nitrogen and oxygen atoms in total. The molecule has 1 aromatic carbocycles. The molecule has 0 spiro atoms. The average molecular weight is 308 g/mol. The van der Waals surface area contributed by atoms with Crippen molar-refractivity contribution in [1.82, 2.24) is 10.3 Å². The van der Waals surface area contributed by atoms with E-state index in [0.29, 0.717) is 11.5 Å². The van der Waals surface area contributed by atoms with Crippen LogP contribution in [-0.4, -0.2) is 17.8 Å². The quantitative estimate of drug-likeness (QED) is 0.921. The van der Waals surface area contributed by atoms with Gasteiger partial charge in [0.25, 0.3) is 0 Å². The molecule has 0 bridgehead atoms. The summed E-state index contributed by atoms with van der Waals surface area (Å²) in [5, 5.41) is 3.01. The zero-order valence-corrected chi connectivity index (χ0v) is 13.4. The normalized spacial score (nSPS) is 17.3. The van der Waals surface area contributed by atoms with Gasteiger partial charge in [-0.2, -0.15) is 0 Å². The molecule has 3 rings (SSSR count). The molecular formula is C19H20N2O2. The summed E-state index contributed by atoms with van der Waals surface area (Å²) in [4.78, 5) is 17.0. The van der Waals surface area contributed by atoms with Gasteiger partial charge in [-0.3, -0.25) is 9.78 Å². The van der Waals surface area contributed by atoms with Crippen LogP contribution in [0.5, 0.6) is 0 Å². The van der Waals surface area contributed by atoms with Gasteiger partial charge in [-0.25, -0.2) is 0 Å². The number of aromatic nitrogens is 1. The van der Waals surface area contributed by atoms with Crippen LogP contribution >= 0.6 is 0 Å². The minimum absolute atomic E-state index is 0.0315. The van der Waals surface area contributed by atoms with E-state index in [1.54, 1.807) is 19.4 Å². The monoisotopic (exact) mass is 308 g/mol. The molecule has 0 amide bonds. The number of pyridine rings is 1. The topological polar surface area (TPSA) is 51.2 Å². The summed E-state index contributed by atoms with van der Waals surface area (Å²) in [6, 6.07) is 11.8. The van der Waals surface area contributed by atoms with Gasteiger partial charge in [0.2, 0.25) is 5.78 Å². The van der Waals surface area contributed by atoms with Crippen molar-refractivity contribution in [2.75, 3.05) is 7.05 Å². The lowest BCUT2D eigenvalue weighted by atomic mass is 9.95. The molecule has 23 heavy (non-hydrogen) atoms. The fraction of sp³-hybridized carbons (Fsp3) is 0.263. The van der Waals surface area contributed by atoms with Gasteiger partial charge in [0, 0.05) is 25.0 Å². The number of nitrogens with one attached hydrogen (secondary N) is 1. The van der Waals surface area contributed by atoms with Crippen molar-refractivity contribution in [2.24, 2.45) is 0 Å². The van der Waals surface area contributed by atoms with Crippen molar-refractivity contribution in [2.45, 2.75) is 25.9 Å². The summed E-state index contributed by atoms with van der Waals surface area (Å²) >= 11 is 0. The van der Waals surface area contributed by atoms with Crippen molar-refractivity contribution in [1.29, 1.82) is 0 Å². The molecule has 2 aromatic rings. The Kier molecular flexibility index (Phi) is 4.42. The summed E-state index contributed by atoms with van der Waals surface area (Å²) in [6.07, 6.45) is 4.80. The summed E-state index contributed by atoms with van der Waals surface area (Å²) < 4.78 is 5.85. The minimum atomic E-state index is -0.629. The Hall–Kier alpha value is -2.62. The molecule has 0 aliphatic carbocycles. The van der Waals surface area contributed by atoms with Crippen LogP contribution in [0.2, 0.25) is 0 Å². The first kappa shape index (κ1) is 15.3. The van der Waals surface area contributed by atoms with Crippen LogP contribution in [0.25, 0.3) is 5.57 Å². The summed E-state index contributed by atoms with van der Waals surface area (Å²) in [7, 11) is 1.77. The first-order valence-corrected chi connectivity index (χ1v) is 7.86. The second-order valence-corrected chi connectivity index (χ2v) is 5.55. The highest BCUT2D eigenvalue weighted by Gasteiger charge is 2.36. The maximum absolute atomic E-state index is 12.9. The molecule has 0 radical (unpaired) electrons. The predicted octanol–water partition coefficient (Wildman–Crippen LogP) is 3.26. The predicted molar refractivity (Wildman–Crippen MR) is 89.5 cm³/mol. The molecule has 1 aromatic heterocycles. The van der Waals surface area contributed by atoms with Crippen LogP contribution < -0.4 is 5.32 Å². The zero-order valence-electron chi connectivity index (χ0n) is 13.4. The van der Waals surface area contributed by atoms with Crippen molar-refractivity contribution in [3.05, 3.63) is 71.4 Å². The van der Waals surface area contributed by atoms with E-state index in [4.69, 9.17) is 4.74 Å². The van der Waals surface area contributed by atoms with Crippen molar-refractivity contribution in [3.8, 4) is 0 Å². The van der Waals surface area contributed by atoms with Crippen molar-refractivity contribution in [3.63, 3.8) is 0 Å². The fourth-order valence-corrected chi connectivity index (χ4v) is 2.85. The van der Waals surface area contributed by atoms with Gasteiger partial charge in [0.1, 0.15) is 0 Å². The molecule has 4 heteroatoms. The van der Waals surface area contributed by atoms with E-state index in [9.17, 15) is 4.79 Å². The van der Waals surface area contributed by atoms with Gasteiger partial charge in [0.05, 0.1) is 5.57 Å². The number of ether oxygens (including phenoxy) is 1.